The van der Waals surface area contributed by atoms with Gasteiger partial charge in [-0.25, -0.2) is 0 Å². The maximum absolute atomic E-state index is 13.4. The SMILES string of the molecule is CCOc1ccc(/C(O)=C2/C(=O)C(=O)N(c3ccccc3OC)C2c2ccc(O)cc2)c(OCC)c1. The van der Waals surface area contributed by atoms with Crippen molar-refractivity contribution in [1.82, 2.24) is 0 Å². The Kier molecular flexibility index (Phi) is 7.15. The number of anilines is 1. The number of hydrogen-bond acceptors (Lipinski definition) is 7. The summed E-state index contributed by atoms with van der Waals surface area (Å²) < 4.78 is 16.7. The highest BCUT2D eigenvalue weighted by molar-refractivity contribution is 6.52. The second-order valence-electron chi connectivity index (χ2n) is 7.96. The number of para-hydroxylation sites is 2. The number of benzene rings is 3. The van der Waals surface area contributed by atoms with Crippen molar-refractivity contribution < 1.29 is 34.0 Å². The van der Waals surface area contributed by atoms with Crippen molar-refractivity contribution in [1.29, 1.82) is 0 Å². The van der Waals surface area contributed by atoms with Crippen molar-refractivity contribution in [3.05, 3.63) is 83.4 Å². The van der Waals surface area contributed by atoms with Crippen LogP contribution in [0.1, 0.15) is 31.0 Å². The maximum atomic E-state index is 13.4. The third kappa shape index (κ3) is 4.45. The van der Waals surface area contributed by atoms with Crippen LogP contribution in [-0.2, 0) is 9.59 Å². The number of hydrogen-bond donors (Lipinski definition) is 2. The first kappa shape index (κ1) is 24.7. The number of rotatable bonds is 8. The highest BCUT2D eigenvalue weighted by atomic mass is 16.5. The number of aliphatic hydroxyl groups is 1. The van der Waals surface area contributed by atoms with E-state index in [1.54, 1.807) is 61.5 Å². The lowest BCUT2D eigenvalue weighted by Gasteiger charge is -2.27. The quantitative estimate of drug-likeness (QED) is 0.265. The second kappa shape index (κ2) is 10.4. The molecule has 1 fully saturated rings. The number of Topliss-reactive ketones (excluding diaryl/α,β-unsaturated/α-hetero) is 1. The van der Waals surface area contributed by atoms with Crippen LogP contribution in [0.15, 0.2) is 72.3 Å². The number of carbonyl (C=O) groups excluding carboxylic acids is 2. The lowest BCUT2D eigenvalue weighted by Crippen LogP contribution is -2.29. The maximum Gasteiger partial charge on any atom is 0.300 e. The molecule has 3 aromatic rings. The summed E-state index contributed by atoms with van der Waals surface area (Å²) in [5.41, 5.74) is 1.03. The summed E-state index contributed by atoms with van der Waals surface area (Å²) in [4.78, 5) is 28.1. The molecular formula is C28H27NO7. The third-order valence-electron chi connectivity index (χ3n) is 5.82. The zero-order chi connectivity index (χ0) is 25.8. The Morgan fingerprint density at radius 1 is 0.917 bits per heavy atom. The normalized spacial score (nSPS) is 16.8. The number of methoxy groups -OCH3 is 1. The molecule has 1 unspecified atom stereocenters. The summed E-state index contributed by atoms with van der Waals surface area (Å²) in [6, 6.07) is 16.8. The van der Waals surface area contributed by atoms with Crippen molar-refractivity contribution >= 4 is 23.1 Å². The van der Waals surface area contributed by atoms with E-state index in [2.05, 4.69) is 0 Å². The number of nitrogens with zero attached hydrogens (tertiary/aromatic N) is 1. The van der Waals surface area contributed by atoms with E-state index in [4.69, 9.17) is 14.2 Å². The predicted octanol–water partition coefficient (Wildman–Crippen LogP) is 4.82. The van der Waals surface area contributed by atoms with Crippen molar-refractivity contribution in [3.8, 4) is 23.0 Å². The number of amides is 1. The first-order valence-corrected chi connectivity index (χ1v) is 11.5. The van der Waals surface area contributed by atoms with Crippen molar-refractivity contribution in [2.24, 2.45) is 0 Å². The molecule has 0 spiro atoms. The van der Waals surface area contributed by atoms with Gasteiger partial charge in [0.1, 0.15) is 28.8 Å². The molecule has 4 rings (SSSR count). The van der Waals surface area contributed by atoms with Gasteiger partial charge < -0.3 is 24.4 Å². The molecular weight excluding hydrogens is 462 g/mol. The van der Waals surface area contributed by atoms with E-state index in [0.29, 0.717) is 41.7 Å². The Morgan fingerprint density at radius 3 is 2.28 bits per heavy atom. The molecule has 1 saturated heterocycles. The number of aliphatic hydroxyl groups excluding tert-OH is 1. The number of ether oxygens (including phenoxy) is 3. The fourth-order valence-electron chi connectivity index (χ4n) is 4.26. The third-order valence-corrected chi connectivity index (χ3v) is 5.82. The molecule has 8 nitrogen and oxygen atoms in total. The molecule has 1 amide bonds. The zero-order valence-electron chi connectivity index (χ0n) is 20.2. The molecule has 1 atom stereocenters. The number of phenolic OH excluding ortho intramolecular Hbond substituents is 1. The number of carbonyl (C=O) groups is 2. The fourth-order valence-corrected chi connectivity index (χ4v) is 4.26. The van der Waals surface area contributed by atoms with Gasteiger partial charge in [-0.1, -0.05) is 24.3 Å². The summed E-state index contributed by atoms with van der Waals surface area (Å²) in [7, 11) is 1.47. The van der Waals surface area contributed by atoms with Crippen LogP contribution in [0.5, 0.6) is 23.0 Å². The average Bonchev–Trinajstić information content (AvgIpc) is 3.14. The fraction of sp³-hybridized carbons (Fsp3) is 0.214. The molecule has 186 valence electrons. The molecule has 0 bridgehead atoms. The molecule has 1 aliphatic rings. The van der Waals surface area contributed by atoms with Crippen molar-refractivity contribution in [2.45, 2.75) is 19.9 Å². The van der Waals surface area contributed by atoms with E-state index in [9.17, 15) is 19.8 Å². The molecule has 0 saturated carbocycles. The number of phenols is 1. The van der Waals surface area contributed by atoms with Gasteiger partial charge in [0.15, 0.2) is 0 Å². The van der Waals surface area contributed by atoms with Crippen LogP contribution in [0, 0.1) is 0 Å². The summed E-state index contributed by atoms with van der Waals surface area (Å²) in [5, 5.41) is 21.3. The van der Waals surface area contributed by atoms with Gasteiger partial charge in [0.05, 0.1) is 43.2 Å². The molecule has 1 heterocycles. The summed E-state index contributed by atoms with van der Waals surface area (Å²) in [5.74, 6) is -0.778. The molecule has 0 radical (unpaired) electrons. The van der Waals surface area contributed by atoms with Crippen LogP contribution in [0.2, 0.25) is 0 Å². The Labute approximate surface area is 209 Å². The van der Waals surface area contributed by atoms with Gasteiger partial charge in [0.2, 0.25) is 0 Å². The molecule has 36 heavy (non-hydrogen) atoms. The summed E-state index contributed by atoms with van der Waals surface area (Å²) >= 11 is 0. The van der Waals surface area contributed by atoms with Crippen LogP contribution in [0.4, 0.5) is 5.69 Å². The van der Waals surface area contributed by atoms with E-state index >= 15 is 0 Å². The van der Waals surface area contributed by atoms with Crippen LogP contribution >= 0.6 is 0 Å². The highest BCUT2D eigenvalue weighted by Gasteiger charge is 2.48. The number of aromatic hydroxyl groups is 1. The van der Waals surface area contributed by atoms with Crippen LogP contribution < -0.4 is 19.1 Å². The largest absolute Gasteiger partial charge is 0.508 e. The topological polar surface area (TPSA) is 106 Å². The van der Waals surface area contributed by atoms with E-state index < -0.39 is 17.7 Å². The monoisotopic (exact) mass is 489 g/mol. The van der Waals surface area contributed by atoms with Gasteiger partial charge in [-0.05, 0) is 55.8 Å². The Hall–Kier alpha value is -4.46. The highest BCUT2D eigenvalue weighted by Crippen LogP contribution is 2.46. The Balaban J connectivity index is 1.96. The van der Waals surface area contributed by atoms with Crippen LogP contribution in [0.25, 0.3) is 5.76 Å². The van der Waals surface area contributed by atoms with E-state index in [0.717, 1.165) is 0 Å². The minimum Gasteiger partial charge on any atom is -0.508 e. The Morgan fingerprint density at radius 2 is 1.61 bits per heavy atom. The lowest BCUT2D eigenvalue weighted by atomic mass is 9.94. The van der Waals surface area contributed by atoms with E-state index in [-0.39, 0.29) is 22.6 Å². The molecule has 0 aliphatic carbocycles. The van der Waals surface area contributed by atoms with Gasteiger partial charge in [-0.2, -0.15) is 0 Å². The molecule has 3 aromatic carbocycles. The molecule has 2 N–H and O–H groups in total. The zero-order valence-corrected chi connectivity index (χ0v) is 20.2. The average molecular weight is 490 g/mol. The van der Waals surface area contributed by atoms with Crippen LogP contribution in [-0.4, -0.2) is 42.2 Å². The molecule has 1 aliphatic heterocycles. The van der Waals surface area contributed by atoms with Gasteiger partial charge in [0.25, 0.3) is 11.7 Å². The van der Waals surface area contributed by atoms with Gasteiger partial charge in [-0.15, -0.1) is 0 Å². The van der Waals surface area contributed by atoms with E-state index in [1.807, 2.05) is 6.92 Å². The van der Waals surface area contributed by atoms with Crippen LogP contribution in [0.3, 0.4) is 0 Å². The molecule has 8 heteroatoms. The molecule has 0 aromatic heterocycles. The second-order valence-corrected chi connectivity index (χ2v) is 7.96. The van der Waals surface area contributed by atoms with E-state index in [1.165, 1.54) is 24.1 Å². The summed E-state index contributed by atoms with van der Waals surface area (Å²) in [6.45, 7) is 4.41. The van der Waals surface area contributed by atoms with Gasteiger partial charge in [-0.3, -0.25) is 14.5 Å². The standard InChI is InChI=1S/C28H27NO7/c1-4-35-19-14-15-20(23(16-19)36-5-2)26(31)24-25(17-10-12-18(30)13-11-17)29(28(33)27(24)32)21-8-6-7-9-22(21)34-3/h6-16,25,30-31H,4-5H2,1-3H3/b26-24-. The van der Waals surface area contributed by atoms with Gasteiger partial charge in [0, 0.05) is 6.07 Å². The first-order valence-electron chi connectivity index (χ1n) is 11.5. The van der Waals surface area contributed by atoms with Crippen molar-refractivity contribution in [2.75, 3.05) is 25.2 Å². The lowest BCUT2D eigenvalue weighted by molar-refractivity contribution is -0.132. The minimum absolute atomic E-state index is 0.0261. The first-order chi connectivity index (χ1) is 17.4. The predicted molar refractivity (Wildman–Crippen MR) is 135 cm³/mol. The number of ketones is 1. The summed E-state index contributed by atoms with van der Waals surface area (Å²) in [6.07, 6.45) is 0. The smallest absolute Gasteiger partial charge is 0.300 e. The van der Waals surface area contributed by atoms with Crippen molar-refractivity contribution in [3.63, 3.8) is 0 Å². The minimum atomic E-state index is -0.983. The Bertz CT molecular complexity index is 1310. The van der Waals surface area contributed by atoms with Gasteiger partial charge >= 0.3 is 0 Å².